The molecular weight excluding hydrogens is 294 g/mol. The fourth-order valence-corrected chi connectivity index (χ4v) is 2.39. The van der Waals surface area contributed by atoms with Crippen LogP contribution >= 0.6 is 0 Å². The van der Waals surface area contributed by atoms with Crippen molar-refractivity contribution >= 4 is 17.7 Å². The van der Waals surface area contributed by atoms with E-state index in [2.05, 4.69) is 20.6 Å². The molecule has 0 spiro atoms. The SMILES string of the molecule is [2H]C1([2H])C(Nc2nc(NC(C)(C)C)ncc2C(N)=O)CCC(C)C1O. The third-order valence-electron chi connectivity index (χ3n) is 3.67. The molecule has 2 rings (SSSR count). The molecule has 1 aliphatic carbocycles. The lowest BCUT2D eigenvalue weighted by Crippen LogP contribution is -2.36. The number of rotatable bonds is 4. The quantitative estimate of drug-likeness (QED) is 0.671. The highest BCUT2D eigenvalue weighted by molar-refractivity contribution is 5.97. The highest BCUT2D eigenvalue weighted by Crippen LogP contribution is 2.27. The van der Waals surface area contributed by atoms with Crippen LogP contribution in [-0.4, -0.2) is 38.7 Å². The van der Waals surface area contributed by atoms with E-state index in [0.717, 1.165) is 0 Å². The van der Waals surface area contributed by atoms with Gasteiger partial charge in [0.05, 0.1) is 11.7 Å². The lowest BCUT2D eigenvalue weighted by Gasteiger charge is -2.32. The first kappa shape index (κ1) is 14.7. The number of primary amides is 1. The number of nitrogens with two attached hydrogens (primary N) is 1. The van der Waals surface area contributed by atoms with E-state index in [4.69, 9.17) is 8.48 Å². The van der Waals surface area contributed by atoms with Crippen molar-refractivity contribution in [3.05, 3.63) is 11.8 Å². The first-order chi connectivity index (χ1) is 11.4. The Kier molecular flexibility index (Phi) is 4.28. The lowest BCUT2D eigenvalue weighted by molar-refractivity contribution is 0.0739. The highest BCUT2D eigenvalue weighted by atomic mass is 16.3. The number of amides is 1. The van der Waals surface area contributed by atoms with Gasteiger partial charge < -0.3 is 21.5 Å². The van der Waals surface area contributed by atoms with Crippen LogP contribution in [0.4, 0.5) is 11.8 Å². The van der Waals surface area contributed by atoms with Crippen molar-refractivity contribution in [2.75, 3.05) is 10.6 Å². The van der Waals surface area contributed by atoms with Gasteiger partial charge in [-0.15, -0.1) is 0 Å². The second-order valence-electron chi connectivity index (χ2n) is 7.06. The summed E-state index contributed by atoms with van der Waals surface area (Å²) in [5, 5.41) is 16.3. The summed E-state index contributed by atoms with van der Waals surface area (Å²) in [4.78, 5) is 20.1. The number of aromatic nitrogens is 2. The van der Waals surface area contributed by atoms with Gasteiger partial charge >= 0.3 is 0 Å². The molecule has 1 aromatic rings. The molecule has 128 valence electrons. The molecule has 23 heavy (non-hydrogen) atoms. The van der Waals surface area contributed by atoms with Gasteiger partial charge in [-0.05, 0) is 45.9 Å². The van der Waals surface area contributed by atoms with Gasteiger partial charge in [0, 0.05) is 20.5 Å². The summed E-state index contributed by atoms with van der Waals surface area (Å²) in [5.74, 6) is -0.350. The van der Waals surface area contributed by atoms with Crippen LogP contribution in [0, 0.1) is 5.92 Å². The maximum absolute atomic E-state index is 11.7. The molecule has 0 bridgehead atoms. The van der Waals surface area contributed by atoms with Crippen LogP contribution in [0.1, 0.15) is 60.0 Å². The molecule has 1 fully saturated rings. The van der Waals surface area contributed by atoms with Gasteiger partial charge in [-0.25, -0.2) is 4.98 Å². The van der Waals surface area contributed by atoms with Crippen molar-refractivity contribution in [1.82, 2.24) is 9.97 Å². The highest BCUT2D eigenvalue weighted by Gasteiger charge is 2.27. The molecular formula is C16H27N5O2. The molecule has 1 amide bonds. The average molecular weight is 323 g/mol. The second kappa shape index (κ2) is 6.70. The number of hydrogen-bond acceptors (Lipinski definition) is 6. The summed E-state index contributed by atoms with van der Waals surface area (Å²) in [7, 11) is 0. The van der Waals surface area contributed by atoms with E-state index >= 15 is 0 Å². The van der Waals surface area contributed by atoms with Crippen LogP contribution in [0.25, 0.3) is 0 Å². The molecule has 0 saturated heterocycles. The van der Waals surface area contributed by atoms with E-state index in [9.17, 15) is 9.90 Å². The molecule has 0 radical (unpaired) electrons. The summed E-state index contributed by atoms with van der Waals surface area (Å²) in [6.45, 7) is 7.67. The molecule has 0 aliphatic heterocycles. The number of aliphatic hydroxyl groups excluding tert-OH is 1. The maximum Gasteiger partial charge on any atom is 0.254 e. The number of anilines is 2. The topological polar surface area (TPSA) is 113 Å². The van der Waals surface area contributed by atoms with Gasteiger partial charge in [-0.1, -0.05) is 6.92 Å². The summed E-state index contributed by atoms with van der Waals surface area (Å²) in [5.41, 5.74) is 5.20. The zero-order valence-electron chi connectivity index (χ0n) is 16.1. The average Bonchev–Trinajstić information content (AvgIpc) is 2.46. The van der Waals surface area contributed by atoms with Gasteiger partial charge in [-0.3, -0.25) is 4.79 Å². The first-order valence-electron chi connectivity index (χ1n) is 8.81. The third kappa shape index (κ3) is 4.79. The van der Waals surface area contributed by atoms with Gasteiger partial charge in [0.15, 0.2) is 0 Å². The number of carbonyl (C=O) groups excluding carboxylic acids is 1. The van der Waals surface area contributed by atoms with Gasteiger partial charge in [-0.2, -0.15) is 4.98 Å². The maximum atomic E-state index is 11.7. The minimum absolute atomic E-state index is 0.0865. The number of carbonyl (C=O) groups is 1. The first-order valence-corrected chi connectivity index (χ1v) is 7.81. The summed E-state index contributed by atoms with van der Waals surface area (Å²) in [6, 6.07) is -0.686. The van der Waals surface area contributed by atoms with Crippen molar-refractivity contribution in [3.63, 3.8) is 0 Å². The van der Waals surface area contributed by atoms with Crippen LogP contribution in [0.3, 0.4) is 0 Å². The van der Waals surface area contributed by atoms with Crippen LogP contribution in [0.2, 0.25) is 0 Å². The predicted molar refractivity (Wildman–Crippen MR) is 90.4 cm³/mol. The van der Waals surface area contributed by atoms with Crippen LogP contribution < -0.4 is 16.4 Å². The van der Waals surface area contributed by atoms with E-state index in [1.54, 1.807) is 0 Å². The fraction of sp³-hybridized carbons (Fsp3) is 0.688. The normalized spacial score (nSPS) is 28.5. The van der Waals surface area contributed by atoms with Crippen molar-refractivity contribution < 1.29 is 12.6 Å². The Bertz CT molecular complexity index is 648. The fourth-order valence-electron chi connectivity index (χ4n) is 2.39. The molecule has 0 aromatic carbocycles. The number of aliphatic hydroxyl groups is 1. The number of nitrogens with zero attached hydrogens (tertiary/aromatic N) is 2. The predicted octanol–water partition coefficient (Wildman–Crippen LogP) is 1.75. The minimum Gasteiger partial charge on any atom is -0.393 e. The summed E-state index contributed by atoms with van der Waals surface area (Å²) < 4.78 is 16.4. The van der Waals surface area contributed by atoms with E-state index in [1.165, 1.54) is 6.20 Å². The molecule has 1 aromatic heterocycles. The Balaban J connectivity index is 2.33. The largest absolute Gasteiger partial charge is 0.393 e. The molecule has 3 atom stereocenters. The smallest absolute Gasteiger partial charge is 0.254 e. The minimum atomic E-state index is -1.85. The summed E-state index contributed by atoms with van der Waals surface area (Å²) in [6.07, 6.45) is -0.444. The Morgan fingerprint density at radius 1 is 1.48 bits per heavy atom. The van der Waals surface area contributed by atoms with Crippen LogP contribution in [0.5, 0.6) is 0 Å². The summed E-state index contributed by atoms with van der Waals surface area (Å²) >= 11 is 0. The van der Waals surface area contributed by atoms with E-state index in [1.807, 2.05) is 27.7 Å². The molecule has 1 saturated carbocycles. The second-order valence-corrected chi connectivity index (χ2v) is 7.06. The molecule has 7 nitrogen and oxygen atoms in total. The molecule has 3 unspecified atom stereocenters. The van der Waals surface area contributed by atoms with Crippen molar-refractivity contribution in [2.45, 2.75) is 64.6 Å². The zero-order chi connectivity index (χ0) is 19.0. The molecule has 1 heterocycles. The van der Waals surface area contributed by atoms with Gasteiger partial charge in [0.2, 0.25) is 5.95 Å². The molecule has 1 aliphatic rings. The Labute approximate surface area is 139 Å². The Morgan fingerprint density at radius 2 is 2.17 bits per heavy atom. The standard InChI is InChI=1S/C16H27N5O2/c1-9-5-6-10(7-12(9)22)19-14-11(13(17)23)8-18-15(20-14)21-16(2,3)4/h8-10,12,22H,5-7H2,1-4H3,(H2,17,23)(H2,18,19,20,21)/i7D2. The lowest BCUT2D eigenvalue weighted by atomic mass is 9.85. The van der Waals surface area contributed by atoms with Gasteiger partial charge in [0.1, 0.15) is 5.82 Å². The Hall–Kier alpha value is -1.89. The monoisotopic (exact) mass is 323 g/mol. The number of nitrogens with one attached hydrogen (secondary N) is 2. The van der Waals surface area contributed by atoms with Gasteiger partial charge in [0.25, 0.3) is 5.91 Å². The van der Waals surface area contributed by atoms with Crippen molar-refractivity contribution in [3.8, 4) is 0 Å². The van der Waals surface area contributed by atoms with Crippen molar-refractivity contribution in [1.29, 1.82) is 0 Å². The van der Waals surface area contributed by atoms with Crippen LogP contribution in [0.15, 0.2) is 6.20 Å². The number of hydrogen-bond donors (Lipinski definition) is 4. The molecule has 5 N–H and O–H groups in total. The van der Waals surface area contributed by atoms with E-state index in [0.29, 0.717) is 18.8 Å². The Morgan fingerprint density at radius 3 is 2.78 bits per heavy atom. The van der Waals surface area contributed by atoms with Crippen LogP contribution in [-0.2, 0) is 0 Å². The molecule has 7 heteroatoms. The van der Waals surface area contributed by atoms with E-state index in [-0.39, 0.29) is 22.8 Å². The zero-order valence-corrected chi connectivity index (χ0v) is 14.1. The van der Waals surface area contributed by atoms with Crippen molar-refractivity contribution in [2.24, 2.45) is 11.7 Å². The van der Waals surface area contributed by atoms with E-state index < -0.39 is 24.4 Å². The third-order valence-corrected chi connectivity index (χ3v) is 3.67.